The van der Waals surface area contributed by atoms with Gasteiger partial charge >= 0.3 is 0 Å². The van der Waals surface area contributed by atoms with Crippen molar-refractivity contribution in [3.63, 3.8) is 0 Å². The Morgan fingerprint density at radius 3 is 2.68 bits per heavy atom. The molecule has 0 saturated carbocycles. The zero-order valence-corrected chi connectivity index (χ0v) is 15.8. The predicted octanol–water partition coefficient (Wildman–Crippen LogP) is 2.46. The number of hydrogen-bond donors (Lipinski definition) is 2. The van der Waals surface area contributed by atoms with Crippen LogP contribution in [0.25, 0.3) is 22.0 Å². The predicted molar refractivity (Wildman–Crippen MR) is 108 cm³/mol. The van der Waals surface area contributed by atoms with E-state index in [9.17, 15) is 9.90 Å². The molecule has 1 saturated heterocycles. The lowest BCUT2D eigenvalue weighted by Gasteiger charge is -2.27. The van der Waals surface area contributed by atoms with Crippen molar-refractivity contribution in [2.75, 3.05) is 25.5 Å². The first-order chi connectivity index (χ1) is 13.6. The van der Waals surface area contributed by atoms with E-state index in [1.54, 1.807) is 24.8 Å². The summed E-state index contributed by atoms with van der Waals surface area (Å²) < 4.78 is 0. The zero-order chi connectivity index (χ0) is 19.5. The number of nitrogens with zero attached hydrogens (tertiary/aromatic N) is 4. The number of anilines is 1. The Labute approximate surface area is 163 Å². The molecule has 1 fully saturated rings. The van der Waals surface area contributed by atoms with Crippen molar-refractivity contribution < 1.29 is 9.90 Å². The number of nitrogens with one attached hydrogen (secondary N) is 1. The Morgan fingerprint density at radius 1 is 1.11 bits per heavy atom. The van der Waals surface area contributed by atoms with Gasteiger partial charge in [-0.05, 0) is 62.1 Å². The number of fused-ring (bicyclic) bond motifs is 1. The van der Waals surface area contributed by atoms with Gasteiger partial charge < -0.3 is 15.3 Å². The molecule has 7 heteroatoms. The van der Waals surface area contributed by atoms with Gasteiger partial charge in [-0.2, -0.15) is 0 Å². The topological polar surface area (TPSA) is 91.2 Å². The molecule has 7 nitrogen and oxygen atoms in total. The second-order valence-electron chi connectivity index (χ2n) is 7.29. The Kier molecular flexibility index (Phi) is 5.27. The highest BCUT2D eigenvalue weighted by atomic mass is 16.3. The summed E-state index contributed by atoms with van der Waals surface area (Å²) in [4.78, 5) is 27.8. The highest BCUT2D eigenvalue weighted by Gasteiger charge is 2.23. The molecule has 3 aromatic heterocycles. The summed E-state index contributed by atoms with van der Waals surface area (Å²) in [7, 11) is 2.08. The monoisotopic (exact) mass is 377 g/mol. The second kappa shape index (κ2) is 8.00. The molecular formula is C21H23N5O2. The number of amides is 1. The Bertz CT molecular complexity index is 999. The van der Waals surface area contributed by atoms with Gasteiger partial charge in [0, 0.05) is 41.7 Å². The van der Waals surface area contributed by atoms with Crippen molar-refractivity contribution in [3.8, 4) is 11.3 Å². The fourth-order valence-corrected chi connectivity index (χ4v) is 3.48. The molecule has 1 aliphatic rings. The van der Waals surface area contributed by atoms with Crippen LogP contribution in [0.1, 0.15) is 18.4 Å². The molecule has 4 heterocycles. The minimum absolute atomic E-state index is 0.0361. The van der Waals surface area contributed by atoms with Crippen LogP contribution in [0.4, 0.5) is 5.82 Å². The minimum Gasteiger partial charge on any atom is -0.392 e. The summed E-state index contributed by atoms with van der Waals surface area (Å²) in [6.07, 6.45) is 8.57. The highest BCUT2D eigenvalue weighted by molar-refractivity contribution is 5.94. The number of piperidine rings is 1. The summed E-state index contributed by atoms with van der Waals surface area (Å²) >= 11 is 0. The summed E-state index contributed by atoms with van der Waals surface area (Å²) in [6, 6.07) is 5.68. The fraction of sp³-hybridized carbons (Fsp3) is 0.333. The number of carbonyl (C=O) groups is 1. The minimum atomic E-state index is -0.0640. The van der Waals surface area contributed by atoms with Gasteiger partial charge in [-0.3, -0.25) is 14.8 Å². The zero-order valence-electron chi connectivity index (χ0n) is 15.8. The van der Waals surface area contributed by atoms with E-state index in [0.29, 0.717) is 5.82 Å². The normalized spacial score (nSPS) is 15.6. The molecule has 0 aromatic carbocycles. The van der Waals surface area contributed by atoms with Crippen molar-refractivity contribution in [1.82, 2.24) is 19.9 Å². The van der Waals surface area contributed by atoms with Gasteiger partial charge in [0.25, 0.3) is 0 Å². The highest BCUT2D eigenvalue weighted by Crippen LogP contribution is 2.24. The van der Waals surface area contributed by atoms with Gasteiger partial charge in [-0.1, -0.05) is 0 Å². The number of aliphatic hydroxyl groups excluding tert-OH is 1. The second-order valence-corrected chi connectivity index (χ2v) is 7.29. The molecular weight excluding hydrogens is 354 g/mol. The third-order valence-electron chi connectivity index (χ3n) is 5.22. The van der Waals surface area contributed by atoms with Gasteiger partial charge in [0.1, 0.15) is 5.82 Å². The van der Waals surface area contributed by atoms with Crippen LogP contribution in [0.5, 0.6) is 0 Å². The van der Waals surface area contributed by atoms with Crippen molar-refractivity contribution in [3.05, 3.63) is 48.5 Å². The first kappa shape index (κ1) is 18.5. The van der Waals surface area contributed by atoms with E-state index in [-0.39, 0.29) is 18.4 Å². The summed E-state index contributed by atoms with van der Waals surface area (Å²) in [6.45, 7) is 1.82. The maximum absolute atomic E-state index is 12.6. The van der Waals surface area contributed by atoms with E-state index in [2.05, 4.69) is 32.2 Å². The Balaban J connectivity index is 1.56. The van der Waals surface area contributed by atoms with E-state index in [4.69, 9.17) is 0 Å². The number of rotatable bonds is 4. The Hall–Kier alpha value is -2.90. The van der Waals surface area contributed by atoms with E-state index in [1.807, 2.05) is 18.2 Å². The van der Waals surface area contributed by atoms with Crippen LogP contribution < -0.4 is 5.32 Å². The fourth-order valence-electron chi connectivity index (χ4n) is 3.48. The molecule has 28 heavy (non-hydrogen) atoms. The van der Waals surface area contributed by atoms with Gasteiger partial charge in [0.05, 0.1) is 12.3 Å². The molecule has 0 spiro atoms. The lowest BCUT2D eigenvalue weighted by Crippen LogP contribution is -2.36. The van der Waals surface area contributed by atoms with Gasteiger partial charge in [-0.25, -0.2) is 4.98 Å². The largest absolute Gasteiger partial charge is 0.392 e. The van der Waals surface area contributed by atoms with Crippen LogP contribution in [0, 0.1) is 5.92 Å². The Morgan fingerprint density at radius 2 is 1.89 bits per heavy atom. The molecule has 0 bridgehead atoms. The molecule has 3 aromatic rings. The van der Waals surface area contributed by atoms with Crippen LogP contribution >= 0.6 is 0 Å². The quantitative estimate of drug-likeness (QED) is 0.726. The van der Waals surface area contributed by atoms with Crippen LogP contribution in [-0.4, -0.2) is 51.0 Å². The van der Waals surface area contributed by atoms with Crippen LogP contribution in [0.2, 0.25) is 0 Å². The number of aromatic nitrogens is 3. The lowest BCUT2D eigenvalue weighted by molar-refractivity contribution is -0.121. The molecule has 1 aliphatic heterocycles. The van der Waals surface area contributed by atoms with E-state index >= 15 is 0 Å². The van der Waals surface area contributed by atoms with Crippen LogP contribution in [0.15, 0.2) is 43.0 Å². The standard InChI is InChI=1S/C21H23N5O2/c1-26-4-2-15(3-5-26)21(28)25-20-8-16-7-19(23-11-18(16)12-24-20)17-6-14(13-27)9-22-10-17/h6-12,15,27H,2-5,13H2,1H3,(H,24,25,28). The summed E-state index contributed by atoms with van der Waals surface area (Å²) in [5, 5.41) is 14.1. The average Bonchev–Trinajstić information content (AvgIpc) is 2.73. The number of aliphatic hydroxyl groups is 1. The molecule has 0 atom stereocenters. The summed E-state index contributed by atoms with van der Waals surface area (Å²) in [5.41, 5.74) is 2.33. The number of carbonyl (C=O) groups excluding carboxylic acids is 1. The van der Waals surface area contributed by atoms with Crippen molar-refractivity contribution in [1.29, 1.82) is 0 Å². The average molecular weight is 377 g/mol. The first-order valence-corrected chi connectivity index (χ1v) is 9.43. The first-order valence-electron chi connectivity index (χ1n) is 9.43. The number of likely N-dealkylation sites (tertiary alicyclic amines) is 1. The molecule has 144 valence electrons. The van der Waals surface area contributed by atoms with Crippen LogP contribution in [-0.2, 0) is 11.4 Å². The van der Waals surface area contributed by atoms with Gasteiger partial charge in [-0.15, -0.1) is 0 Å². The maximum Gasteiger partial charge on any atom is 0.228 e. The van der Waals surface area contributed by atoms with E-state index < -0.39 is 0 Å². The molecule has 4 rings (SSSR count). The molecule has 1 amide bonds. The van der Waals surface area contributed by atoms with Crippen molar-refractivity contribution >= 4 is 22.5 Å². The van der Waals surface area contributed by atoms with Crippen molar-refractivity contribution in [2.24, 2.45) is 5.92 Å². The molecule has 2 N–H and O–H groups in total. The smallest absolute Gasteiger partial charge is 0.228 e. The molecule has 0 radical (unpaired) electrons. The van der Waals surface area contributed by atoms with Crippen LogP contribution in [0.3, 0.4) is 0 Å². The third kappa shape index (κ3) is 4.00. The SMILES string of the molecule is CN1CCC(C(=O)Nc2cc3cc(-c4cncc(CO)c4)ncc3cn2)CC1. The lowest BCUT2D eigenvalue weighted by atomic mass is 9.96. The van der Waals surface area contributed by atoms with Crippen molar-refractivity contribution in [2.45, 2.75) is 19.4 Å². The van der Waals surface area contributed by atoms with E-state index in [1.165, 1.54) is 0 Å². The maximum atomic E-state index is 12.6. The molecule has 0 unspecified atom stereocenters. The number of hydrogen-bond acceptors (Lipinski definition) is 6. The van der Waals surface area contributed by atoms with Gasteiger partial charge in [0.2, 0.25) is 5.91 Å². The third-order valence-corrected chi connectivity index (χ3v) is 5.22. The van der Waals surface area contributed by atoms with E-state index in [0.717, 1.165) is 53.5 Å². The number of pyridine rings is 3. The molecule has 0 aliphatic carbocycles. The summed E-state index contributed by atoms with van der Waals surface area (Å²) in [5.74, 6) is 0.624. The van der Waals surface area contributed by atoms with Gasteiger partial charge in [0.15, 0.2) is 0 Å².